The number of nitrogens with one attached hydrogen (secondary N) is 2. The molecule has 0 saturated carbocycles. The SMILES string of the molecule is C=C1/C=C\CCCN(c2ccc(NC3=C(C(=C)/C=C\C=C/C)C=CCC3)cc2)N1. The van der Waals surface area contributed by atoms with Crippen LogP contribution in [0.1, 0.15) is 32.6 Å². The van der Waals surface area contributed by atoms with Crippen LogP contribution < -0.4 is 15.8 Å². The Morgan fingerprint density at radius 1 is 1.10 bits per heavy atom. The van der Waals surface area contributed by atoms with Crippen molar-refractivity contribution in [2.45, 2.75) is 32.6 Å². The zero-order chi connectivity index (χ0) is 20.5. The summed E-state index contributed by atoms with van der Waals surface area (Å²) in [6, 6.07) is 8.56. The third-order valence-electron chi connectivity index (χ3n) is 4.94. The zero-order valence-corrected chi connectivity index (χ0v) is 17.3. The van der Waals surface area contributed by atoms with Crippen LogP contribution in [0.4, 0.5) is 11.4 Å². The smallest absolute Gasteiger partial charge is 0.0573 e. The van der Waals surface area contributed by atoms with Gasteiger partial charge in [-0.15, -0.1) is 0 Å². The van der Waals surface area contributed by atoms with Gasteiger partial charge in [-0.3, -0.25) is 10.4 Å². The third kappa shape index (κ3) is 5.89. The van der Waals surface area contributed by atoms with Crippen molar-refractivity contribution in [3.8, 4) is 0 Å². The molecule has 1 aromatic carbocycles. The first-order chi connectivity index (χ1) is 14.2. The van der Waals surface area contributed by atoms with Gasteiger partial charge in [0.15, 0.2) is 0 Å². The Morgan fingerprint density at radius 2 is 1.90 bits per heavy atom. The van der Waals surface area contributed by atoms with Crippen molar-refractivity contribution in [2.75, 3.05) is 16.9 Å². The summed E-state index contributed by atoms with van der Waals surface area (Å²) in [4.78, 5) is 0. The highest BCUT2D eigenvalue weighted by atomic mass is 15.5. The molecule has 1 aliphatic heterocycles. The molecule has 0 fully saturated rings. The fraction of sp³-hybridized carbons (Fsp3) is 0.231. The van der Waals surface area contributed by atoms with E-state index in [0.717, 1.165) is 54.9 Å². The second-order valence-corrected chi connectivity index (χ2v) is 7.25. The Balaban J connectivity index is 1.73. The number of nitrogens with zero attached hydrogens (tertiary/aromatic N) is 1. The van der Waals surface area contributed by atoms with E-state index in [0.29, 0.717) is 0 Å². The van der Waals surface area contributed by atoms with Crippen molar-refractivity contribution in [1.29, 1.82) is 0 Å². The summed E-state index contributed by atoms with van der Waals surface area (Å²) in [5, 5.41) is 5.78. The van der Waals surface area contributed by atoms with Gasteiger partial charge in [-0.2, -0.15) is 0 Å². The van der Waals surface area contributed by atoms with Gasteiger partial charge >= 0.3 is 0 Å². The van der Waals surface area contributed by atoms with Crippen molar-refractivity contribution in [3.63, 3.8) is 0 Å². The van der Waals surface area contributed by atoms with Gasteiger partial charge in [0.1, 0.15) is 0 Å². The van der Waals surface area contributed by atoms with Crippen LogP contribution in [0, 0.1) is 0 Å². The summed E-state index contributed by atoms with van der Waals surface area (Å²) >= 11 is 0. The lowest BCUT2D eigenvalue weighted by atomic mass is 9.96. The van der Waals surface area contributed by atoms with E-state index < -0.39 is 0 Å². The number of benzene rings is 1. The van der Waals surface area contributed by atoms with Crippen LogP contribution in [0.3, 0.4) is 0 Å². The quantitative estimate of drug-likeness (QED) is 0.543. The molecule has 1 aliphatic carbocycles. The van der Waals surface area contributed by atoms with E-state index >= 15 is 0 Å². The first-order valence-electron chi connectivity index (χ1n) is 10.3. The van der Waals surface area contributed by atoms with Crippen LogP contribution in [0.5, 0.6) is 0 Å². The molecule has 1 aromatic rings. The molecule has 0 bridgehead atoms. The molecular weight excluding hydrogens is 354 g/mol. The van der Waals surface area contributed by atoms with Gasteiger partial charge in [-0.05, 0) is 68.5 Å². The largest absolute Gasteiger partial charge is 0.358 e. The van der Waals surface area contributed by atoms with E-state index in [-0.39, 0.29) is 0 Å². The van der Waals surface area contributed by atoms with Crippen LogP contribution in [-0.4, -0.2) is 6.54 Å². The first-order valence-corrected chi connectivity index (χ1v) is 10.3. The number of hydrogen-bond acceptors (Lipinski definition) is 3. The molecule has 2 aliphatic rings. The molecule has 0 unspecified atom stereocenters. The van der Waals surface area contributed by atoms with Gasteiger partial charge in [-0.25, -0.2) is 0 Å². The maximum Gasteiger partial charge on any atom is 0.0573 e. The molecule has 1 heterocycles. The van der Waals surface area contributed by atoms with Gasteiger partial charge in [0.05, 0.1) is 5.69 Å². The fourth-order valence-electron chi connectivity index (χ4n) is 3.42. The highest BCUT2D eigenvalue weighted by molar-refractivity contribution is 5.60. The van der Waals surface area contributed by atoms with E-state index in [1.165, 1.54) is 11.3 Å². The Bertz CT molecular complexity index is 879. The molecule has 29 heavy (non-hydrogen) atoms. The topological polar surface area (TPSA) is 27.3 Å². The lowest BCUT2D eigenvalue weighted by Gasteiger charge is -2.28. The van der Waals surface area contributed by atoms with Crippen molar-refractivity contribution >= 4 is 11.4 Å². The van der Waals surface area contributed by atoms with E-state index in [9.17, 15) is 0 Å². The molecule has 3 rings (SSSR count). The summed E-state index contributed by atoms with van der Waals surface area (Å²) in [6.45, 7) is 11.3. The lowest BCUT2D eigenvalue weighted by Crippen LogP contribution is -2.38. The molecule has 0 spiro atoms. The third-order valence-corrected chi connectivity index (χ3v) is 4.94. The minimum absolute atomic E-state index is 0.917. The Hall–Kier alpha value is -3.20. The van der Waals surface area contributed by atoms with Crippen LogP contribution in [0.25, 0.3) is 0 Å². The minimum Gasteiger partial charge on any atom is -0.358 e. The predicted molar refractivity (Wildman–Crippen MR) is 127 cm³/mol. The van der Waals surface area contributed by atoms with Crippen molar-refractivity contribution in [3.05, 3.63) is 109 Å². The van der Waals surface area contributed by atoms with Crippen LogP contribution in [-0.2, 0) is 0 Å². The normalized spacial score (nSPS) is 18.7. The summed E-state index contributed by atoms with van der Waals surface area (Å²) in [5.41, 5.74) is 9.94. The first kappa shape index (κ1) is 20.5. The summed E-state index contributed by atoms with van der Waals surface area (Å²) in [7, 11) is 0. The molecule has 3 heteroatoms. The predicted octanol–water partition coefficient (Wildman–Crippen LogP) is 6.57. The molecule has 0 aromatic heterocycles. The van der Waals surface area contributed by atoms with E-state index in [1.54, 1.807) is 0 Å². The Morgan fingerprint density at radius 3 is 2.69 bits per heavy atom. The fourth-order valence-corrected chi connectivity index (χ4v) is 3.42. The van der Waals surface area contributed by atoms with E-state index in [4.69, 9.17) is 0 Å². The van der Waals surface area contributed by atoms with Crippen molar-refractivity contribution in [1.82, 2.24) is 5.43 Å². The van der Waals surface area contributed by atoms with Gasteiger partial charge in [0.25, 0.3) is 0 Å². The Labute approximate surface area is 175 Å². The average Bonchev–Trinajstić information content (AvgIpc) is 2.72. The molecule has 3 nitrogen and oxygen atoms in total. The summed E-state index contributed by atoms with van der Waals surface area (Å²) in [6.07, 6.45) is 21.0. The number of hydrazine groups is 1. The standard InChI is InChI=1S/C26H31N3/c1-4-5-7-12-21(2)25-14-9-10-15-26(25)27-23-16-18-24(19-17-23)29-20-11-6-8-13-22(3)28-29/h4-5,7-9,12-14,16-19,27-28H,2-3,6,10-11,15,20H2,1H3/b5-4-,12-7-,13-8-. The van der Waals surface area contributed by atoms with Crippen molar-refractivity contribution in [2.24, 2.45) is 0 Å². The monoisotopic (exact) mass is 385 g/mol. The molecule has 0 atom stereocenters. The maximum absolute atomic E-state index is 4.24. The molecular formula is C26H31N3. The van der Waals surface area contributed by atoms with E-state index in [1.807, 2.05) is 31.2 Å². The van der Waals surface area contributed by atoms with E-state index in [2.05, 4.69) is 77.5 Å². The number of rotatable bonds is 6. The molecule has 0 radical (unpaired) electrons. The average molecular weight is 386 g/mol. The second-order valence-electron chi connectivity index (χ2n) is 7.25. The number of allylic oxidation sites excluding steroid dienone is 11. The zero-order valence-electron chi connectivity index (χ0n) is 17.3. The van der Waals surface area contributed by atoms with Gasteiger partial charge < -0.3 is 5.32 Å². The maximum atomic E-state index is 4.24. The van der Waals surface area contributed by atoms with Gasteiger partial charge in [0, 0.05) is 29.2 Å². The molecule has 150 valence electrons. The summed E-state index contributed by atoms with van der Waals surface area (Å²) < 4.78 is 0. The summed E-state index contributed by atoms with van der Waals surface area (Å²) in [5.74, 6) is 0. The number of hydrogen-bond donors (Lipinski definition) is 2. The molecule has 0 saturated heterocycles. The van der Waals surface area contributed by atoms with Crippen LogP contribution >= 0.6 is 0 Å². The molecule has 0 amide bonds. The van der Waals surface area contributed by atoms with Gasteiger partial charge in [0.2, 0.25) is 0 Å². The number of anilines is 2. The highest BCUT2D eigenvalue weighted by Gasteiger charge is 2.12. The van der Waals surface area contributed by atoms with Crippen LogP contribution in [0.15, 0.2) is 109 Å². The van der Waals surface area contributed by atoms with Gasteiger partial charge in [-0.1, -0.05) is 55.7 Å². The second kappa shape index (κ2) is 10.4. The highest BCUT2D eigenvalue weighted by Crippen LogP contribution is 2.27. The lowest BCUT2D eigenvalue weighted by molar-refractivity contribution is 0.669. The van der Waals surface area contributed by atoms with Crippen molar-refractivity contribution < 1.29 is 0 Å². The Kier molecular flexibility index (Phi) is 7.34. The van der Waals surface area contributed by atoms with Crippen LogP contribution in [0.2, 0.25) is 0 Å². The minimum atomic E-state index is 0.917. The molecule has 2 N–H and O–H groups in total.